The third kappa shape index (κ3) is 8.88. The Morgan fingerprint density at radius 3 is 1.52 bits per heavy atom. The number of aliphatic hydroxyl groups is 1. The minimum absolute atomic E-state index is 0.00700. The molecule has 4 heterocycles. The van der Waals surface area contributed by atoms with E-state index >= 15 is 0 Å². The van der Waals surface area contributed by atoms with Crippen LogP contribution in [0.15, 0.2) is 122 Å². The number of halogens is 4. The number of phenols is 4. The zero-order valence-corrected chi connectivity index (χ0v) is 42.9. The fraction of sp³-hybridized carbons (Fsp3) is 0.154. The SMILES string of the molecule is CP(C)(=O)c1ccc(C2(O)c3c(c(O)c4ncccc4c3O)C(=O)N2Cc2cc(Cl)cc(Cl)c2)cc1.CP(C)(=O)c1ccc(C2c3c(c(O)c4ncccc4c3O)C(=O)N2Cc2cc(Cl)cc(Cl)c2)cc1. The number of hydrogen-bond donors (Lipinski definition) is 5. The second-order valence-corrected chi connectivity index (χ2v) is 26.2. The lowest BCUT2D eigenvalue weighted by molar-refractivity contribution is -0.0552. The molecule has 2 aliphatic heterocycles. The maximum absolute atomic E-state index is 13.8. The van der Waals surface area contributed by atoms with Crippen molar-refractivity contribution in [2.75, 3.05) is 26.7 Å². The first-order valence-corrected chi connectivity index (χ1v) is 28.4. The fourth-order valence-corrected chi connectivity index (χ4v) is 12.2. The van der Waals surface area contributed by atoms with Crippen molar-refractivity contribution in [2.24, 2.45) is 0 Å². The van der Waals surface area contributed by atoms with Crippen LogP contribution in [0.25, 0.3) is 21.8 Å². The molecule has 19 heteroatoms. The predicted octanol–water partition coefficient (Wildman–Crippen LogP) is 11.0. The van der Waals surface area contributed by atoms with E-state index in [2.05, 4.69) is 9.97 Å². The molecule has 6 aromatic carbocycles. The Balaban J connectivity index is 0.000000176. The van der Waals surface area contributed by atoms with Crippen molar-refractivity contribution < 1.29 is 44.3 Å². The highest BCUT2D eigenvalue weighted by Crippen LogP contribution is 2.54. The number of aromatic nitrogens is 2. The number of phenolic OH excluding ortho intramolecular Hbond substituents is 4. The van der Waals surface area contributed by atoms with E-state index < -0.39 is 43.6 Å². The van der Waals surface area contributed by atoms with Crippen molar-refractivity contribution in [2.45, 2.75) is 24.9 Å². The number of benzene rings is 6. The Bertz CT molecular complexity index is 3590. The molecule has 5 N–H and O–H groups in total. The molecule has 0 fully saturated rings. The van der Waals surface area contributed by atoms with Crippen LogP contribution in [0.3, 0.4) is 0 Å². The van der Waals surface area contributed by atoms with Gasteiger partial charge in [-0.3, -0.25) is 24.5 Å². The molecule has 362 valence electrons. The van der Waals surface area contributed by atoms with E-state index in [9.17, 15) is 44.3 Å². The van der Waals surface area contributed by atoms with Gasteiger partial charge in [0.1, 0.15) is 36.8 Å². The summed E-state index contributed by atoms with van der Waals surface area (Å²) in [5.41, 5.74) is 0.0302. The summed E-state index contributed by atoms with van der Waals surface area (Å²) in [5, 5.41) is 60.3. The van der Waals surface area contributed by atoms with Crippen LogP contribution in [0.1, 0.15) is 60.1 Å². The second kappa shape index (κ2) is 18.5. The predicted molar refractivity (Wildman–Crippen MR) is 279 cm³/mol. The maximum Gasteiger partial charge on any atom is 0.261 e. The van der Waals surface area contributed by atoms with Gasteiger partial charge in [-0.05, 0) is 104 Å². The first-order chi connectivity index (χ1) is 33.5. The molecular weight excluding hydrogens is 1030 g/mol. The Morgan fingerprint density at radius 1 is 0.577 bits per heavy atom. The lowest BCUT2D eigenvalue weighted by Crippen LogP contribution is -2.44. The second-order valence-electron chi connectivity index (χ2n) is 18.0. The van der Waals surface area contributed by atoms with Crippen LogP contribution in [0.4, 0.5) is 0 Å². The zero-order valence-electron chi connectivity index (χ0n) is 38.1. The lowest BCUT2D eigenvalue weighted by Gasteiger charge is -2.35. The Kier molecular flexibility index (Phi) is 13.0. The number of pyridine rings is 2. The molecule has 2 aliphatic rings. The third-order valence-electron chi connectivity index (χ3n) is 12.6. The molecule has 0 radical (unpaired) electrons. The Morgan fingerprint density at radius 2 is 1.03 bits per heavy atom. The summed E-state index contributed by atoms with van der Waals surface area (Å²) in [6, 6.07) is 29.0. The van der Waals surface area contributed by atoms with Gasteiger partial charge >= 0.3 is 0 Å². The summed E-state index contributed by atoms with van der Waals surface area (Å²) in [5.74, 6) is -2.40. The number of aromatic hydroxyl groups is 4. The van der Waals surface area contributed by atoms with Crippen LogP contribution < -0.4 is 10.6 Å². The monoisotopic (exact) mass is 1070 g/mol. The number of amides is 2. The highest BCUT2D eigenvalue weighted by molar-refractivity contribution is 7.70. The first-order valence-electron chi connectivity index (χ1n) is 21.7. The van der Waals surface area contributed by atoms with E-state index in [0.29, 0.717) is 58.3 Å². The molecule has 0 saturated carbocycles. The summed E-state index contributed by atoms with van der Waals surface area (Å²) in [7, 11) is -5.08. The number of carbonyl (C=O) groups excluding carboxylic acids is 2. The third-order valence-corrected chi connectivity index (χ3v) is 16.5. The van der Waals surface area contributed by atoms with Crippen LogP contribution in [-0.2, 0) is 27.9 Å². The van der Waals surface area contributed by atoms with Crippen LogP contribution in [0.5, 0.6) is 23.0 Å². The number of fused-ring (bicyclic) bond motifs is 4. The average molecular weight is 1070 g/mol. The molecule has 0 spiro atoms. The van der Waals surface area contributed by atoms with E-state index in [1.807, 2.05) is 0 Å². The number of carbonyl (C=O) groups is 2. The van der Waals surface area contributed by atoms with Crippen LogP contribution in [-0.4, -0.2) is 83.8 Å². The van der Waals surface area contributed by atoms with Crippen molar-refractivity contribution in [3.63, 3.8) is 0 Å². The first kappa shape index (κ1) is 49.8. The van der Waals surface area contributed by atoms with Crippen molar-refractivity contribution >= 4 is 105 Å². The fourth-order valence-electron chi connectivity index (χ4n) is 9.28. The standard InChI is InChI=1S/C26H21Cl2N2O5P.C26H21Cl2N2O4P/c1-36(2,35)18-7-5-15(6-8-18)26(34)21-20(24(32)22-19(23(21)31)4-3-9-29-22)25(33)30(26)13-14-10-16(27)12-17(28)11-14;1-35(2,34)18-7-5-15(6-8-18)23-20-21(25(32)22-19(24(20)31)4-3-9-29-22)26(33)30(23)13-14-10-16(27)12-17(28)11-14/h3-12,31-32,34H,13H2,1-2H3;3-12,23,31-32H,13H2,1-2H3. The van der Waals surface area contributed by atoms with Crippen molar-refractivity contribution in [1.29, 1.82) is 0 Å². The van der Waals surface area contributed by atoms with Gasteiger partial charge in [-0.2, -0.15) is 0 Å². The highest BCUT2D eigenvalue weighted by atomic mass is 35.5. The van der Waals surface area contributed by atoms with E-state index in [1.54, 1.807) is 135 Å². The summed E-state index contributed by atoms with van der Waals surface area (Å²) in [6.45, 7) is 6.62. The van der Waals surface area contributed by atoms with Crippen LogP contribution in [0, 0.1) is 0 Å². The topological polar surface area (TPSA) is 202 Å². The van der Waals surface area contributed by atoms with E-state index in [0.717, 1.165) is 4.90 Å². The van der Waals surface area contributed by atoms with Crippen molar-refractivity contribution in [3.8, 4) is 23.0 Å². The number of hydrogen-bond acceptors (Lipinski definition) is 11. The number of nitrogens with zero attached hydrogens (tertiary/aromatic N) is 4. The van der Waals surface area contributed by atoms with Gasteiger partial charge in [-0.25, -0.2) is 0 Å². The molecule has 2 atom stereocenters. The van der Waals surface area contributed by atoms with Crippen molar-refractivity contribution in [3.05, 3.63) is 186 Å². The normalized spacial score (nSPS) is 16.6. The lowest BCUT2D eigenvalue weighted by atomic mass is 9.90. The smallest absolute Gasteiger partial charge is 0.261 e. The van der Waals surface area contributed by atoms with Gasteiger partial charge in [0.05, 0.1) is 22.7 Å². The van der Waals surface area contributed by atoms with Crippen LogP contribution in [0.2, 0.25) is 20.1 Å². The summed E-state index contributed by atoms with van der Waals surface area (Å²) >= 11 is 24.7. The molecular formula is C52H42Cl4N4O9P2. The van der Waals surface area contributed by atoms with Gasteiger partial charge < -0.3 is 39.6 Å². The molecule has 2 amide bonds. The molecule has 71 heavy (non-hydrogen) atoms. The van der Waals surface area contributed by atoms with Crippen LogP contribution >= 0.6 is 60.7 Å². The van der Waals surface area contributed by atoms with Gasteiger partial charge in [0.25, 0.3) is 11.8 Å². The van der Waals surface area contributed by atoms with Gasteiger partial charge in [0.2, 0.25) is 0 Å². The maximum atomic E-state index is 13.8. The molecule has 13 nitrogen and oxygen atoms in total. The minimum atomic E-state index is -2.59. The summed E-state index contributed by atoms with van der Waals surface area (Å²) in [4.78, 5) is 38.4. The molecule has 10 rings (SSSR count). The van der Waals surface area contributed by atoms with Gasteiger partial charge in [0, 0.05) is 78.1 Å². The van der Waals surface area contributed by atoms with Crippen molar-refractivity contribution in [1.82, 2.24) is 19.8 Å². The Hall–Kier alpha value is -6.14. The highest BCUT2D eigenvalue weighted by Gasteiger charge is 2.54. The summed E-state index contributed by atoms with van der Waals surface area (Å²) < 4.78 is 25.1. The largest absolute Gasteiger partial charge is 0.507 e. The van der Waals surface area contributed by atoms with Gasteiger partial charge in [0.15, 0.2) is 17.2 Å². The van der Waals surface area contributed by atoms with Gasteiger partial charge in [-0.1, -0.05) is 94.9 Å². The zero-order chi connectivity index (χ0) is 51.1. The number of rotatable bonds is 8. The quantitative estimate of drug-likeness (QED) is 0.0716. The average Bonchev–Trinajstić information content (AvgIpc) is 3.73. The minimum Gasteiger partial charge on any atom is -0.507 e. The molecule has 2 aromatic heterocycles. The van der Waals surface area contributed by atoms with Gasteiger partial charge in [-0.15, -0.1) is 0 Å². The molecule has 0 aliphatic carbocycles. The van der Waals surface area contributed by atoms with E-state index in [4.69, 9.17) is 46.4 Å². The van der Waals surface area contributed by atoms with E-state index in [1.165, 1.54) is 18.5 Å². The summed E-state index contributed by atoms with van der Waals surface area (Å²) in [6.07, 6.45) is 2.92. The van der Waals surface area contributed by atoms with E-state index in [-0.39, 0.29) is 69.0 Å². The Labute approximate surface area is 427 Å². The molecule has 0 bridgehead atoms. The molecule has 2 unspecified atom stereocenters. The molecule has 8 aromatic rings. The molecule has 0 saturated heterocycles.